The Hall–Kier alpha value is -2.87. The van der Waals surface area contributed by atoms with Gasteiger partial charge in [0.25, 0.3) is 5.91 Å². The van der Waals surface area contributed by atoms with Crippen LogP contribution in [0.4, 0.5) is 19.0 Å². The molecule has 0 radical (unpaired) electrons. The van der Waals surface area contributed by atoms with E-state index in [1.165, 1.54) is 11.6 Å². The predicted molar refractivity (Wildman–Crippen MR) is 95.2 cm³/mol. The molecule has 140 valence electrons. The minimum Gasteiger partial charge on any atom is -0.306 e. The van der Waals surface area contributed by atoms with Crippen molar-refractivity contribution in [3.8, 4) is 5.69 Å². The summed E-state index contributed by atoms with van der Waals surface area (Å²) >= 11 is 6.00. The molecule has 0 saturated carbocycles. The van der Waals surface area contributed by atoms with E-state index in [1.807, 2.05) is 0 Å². The number of carbonyl (C=O) groups excluding carboxylic acids is 1. The van der Waals surface area contributed by atoms with Gasteiger partial charge in [0.2, 0.25) is 0 Å². The van der Waals surface area contributed by atoms with Gasteiger partial charge in [0, 0.05) is 11.1 Å². The number of aromatic nitrogens is 3. The zero-order chi connectivity index (χ0) is 19.8. The molecule has 9 heteroatoms. The number of amides is 1. The van der Waals surface area contributed by atoms with E-state index >= 15 is 0 Å². The topological polar surface area (TPSA) is 59.8 Å². The Morgan fingerprint density at radius 1 is 1.15 bits per heavy atom. The summed E-state index contributed by atoms with van der Waals surface area (Å²) in [5.74, 6) is -0.226. The highest BCUT2D eigenvalue weighted by atomic mass is 35.5. The Morgan fingerprint density at radius 3 is 2.52 bits per heavy atom. The Bertz CT molecular complexity index is 1010. The molecule has 1 amide bonds. The van der Waals surface area contributed by atoms with Crippen LogP contribution in [0.25, 0.3) is 5.69 Å². The number of nitrogens with one attached hydrogen (secondary N) is 1. The number of carbonyl (C=O) groups is 1. The first kappa shape index (κ1) is 18.9. The Labute approximate surface area is 157 Å². The Balaban J connectivity index is 1.91. The third-order valence-electron chi connectivity index (χ3n) is 3.75. The maximum Gasteiger partial charge on any atom is 0.433 e. The first-order chi connectivity index (χ1) is 12.6. The van der Waals surface area contributed by atoms with Crippen molar-refractivity contribution in [2.45, 2.75) is 20.0 Å². The maximum absolute atomic E-state index is 12.7. The Morgan fingerprint density at radius 2 is 1.89 bits per heavy atom. The van der Waals surface area contributed by atoms with Gasteiger partial charge in [-0.3, -0.25) is 4.79 Å². The van der Waals surface area contributed by atoms with Crippen LogP contribution in [0.5, 0.6) is 0 Å². The quantitative estimate of drug-likeness (QED) is 0.693. The number of alkyl halides is 3. The molecule has 0 aliphatic rings. The van der Waals surface area contributed by atoms with Crippen molar-refractivity contribution in [2.75, 3.05) is 5.32 Å². The van der Waals surface area contributed by atoms with Crippen molar-refractivity contribution in [3.63, 3.8) is 0 Å². The van der Waals surface area contributed by atoms with Crippen molar-refractivity contribution in [1.82, 2.24) is 14.8 Å². The van der Waals surface area contributed by atoms with Crippen molar-refractivity contribution >= 4 is 23.3 Å². The molecule has 0 bridgehead atoms. The molecule has 0 unspecified atom stereocenters. The van der Waals surface area contributed by atoms with E-state index in [0.29, 0.717) is 22.2 Å². The van der Waals surface area contributed by atoms with Gasteiger partial charge in [-0.2, -0.15) is 18.3 Å². The molecule has 0 spiro atoms. The number of anilines is 1. The van der Waals surface area contributed by atoms with E-state index in [2.05, 4.69) is 15.4 Å². The summed E-state index contributed by atoms with van der Waals surface area (Å²) in [5.41, 5.74) is 0.254. The van der Waals surface area contributed by atoms with Crippen LogP contribution in [-0.4, -0.2) is 20.7 Å². The Kier molecular flexibility index (Phi) is 4.93. The van der Waals surface area contributed by atoms with Crippen LogP contribution in [-0.2, 0) is 6.18 Å². The molecule has 1 aromatic carbocycles. The molecule has 0 saturated heterocycles. The lowest BCUT2D eigenvalue weighted by molar-refractivity contribution is -0.141. The highest BCUT2D eigenvalue weighted by Gasteiger charge is 2.33. The highest BCUT2D eigenvalue weighted by molar-refractivity contribution is 6.30. The number of pyridine rings is 1. The molecule has 5 nitrogen and oxygen atoms in total. The summed E-state index contributed by atoms with van der Waals surface area (Å²) in [6, 6.07) is 10.4. The van der Waals surface area contributed by atoms with Crippen LogP contribution < -0.4 is 5.32 Å². The molecule has 1 N–H and O–H groups in total. The fourth-order valence-corrected chi connectivity index (χ4v) is 2.72. The van der Waals surface area contributed by atoms with E-state index in [4.69, 9.17) is 11.6 Å². The first-order valence-electron chi connectivity index (χ1n) is 7.84. The number of nitrogens with zero attached hydrogens (tertiary/aromatic N) is 3. The second kappa shape index (κ2) is 7.03. The summed E-state index contributed by atoms with van der Waals surface area (Å²) < 4.78 is 39.7. The molecule has 0 fully saturated rings. The van der Waals surface area contributed by atoms with Gasteiger partial charge in [-0.05, 0) is 44.2 Å². The van der Waals surface area contributed by atoms with E-state index in [1.54, 1.807) is 37.3 Å². The zero-order valence-electron chi connectivity index (χ0n) is 14.3. The summed E-state index contributed by atoms with van der Waals surface area (Å²) in [4.78, 5) is 16.0. The number of halogens is 4. The monoisotopic (exact) mass is 394 g/mol. The normalized spacial score (nSPS) is 11.5. The van der Waals surface area contributed by atoms with Gasteiger partial charge in [0.05, 0.1) is 22.6 Å². The lowest BCUT2D eigenvalue weighted by Crippen LogP contribution is -2.18. The molecule has 2 aromatic heterocycles. The number of aryl methyl sites for hydroxylation is 2. The van der Waals surface area contributed by atoms with E-state index in [-0.39, 0.29) is 11.3 Å². The van der Waals surface area contributed by atoms with Gasteiger partial charge in [-0.25, -0.2) is 9.67 Å². The second-order valence-electron chi connectivity index (χ2n) is 5.84. The van der Waals surface area contributed by atoms with Gasteiger partial charge in [-0.15, -0.1) is 0 Å². The lowest BCUT2D eigenvalue weighted by atomic mass is 10.1. The van der Waals surface area contributed by atoms with Crippen LogP contribution in [0.2, 0.25) is 5.02 Å². The first-order valence-corrected chi connectivity index (χ1v) is 8.22. The zero-order valence-corrected chi connectivity index (χ0v) is 15.1. The molecule has 27 heavy (non-hydrogen) atoms. The average Bonchev–Trinajstić information content (AvgIpc) is 2.94. The van der Waals surface area contributed by atoms with E-state index in [9.17, 15) is 18.0 Å². The van der Waals surface area contributed by atoms with Gasteiger partial charge in [0.15, 0.2) is 0 Å². The maximum atomic E-state index is 12.7. The van der Waals surface area contributed by atoms with Crippen molar-refractivity contribution < 1.29 is 18.0 Å². The van der Waals surface area contributed by atoms with Crippen LogP contribution in [0.1, 0.15) is 27.4 Å². The predicted octanol–water partition coefficient (Wildman–Crippen LogP) is 4.81. The van der Waals surface area contributed by atoms with Gasteiger partial charge < -0.3 is 5.32 Å². The number of benzene rings is 1. The third-order valence-corrected chi connectivity index (χ3v) is 3.98. The van der Waals surface area contributed by atoms with E-state index in [0.717, 1.165) is 12.1 Å². The third kappa shape index (κ3) is 4.11. The van der Waals surface area contributed by atoms with Gasteiger partial charge in [-0.1, -0.05) is 17.7 Å². The van der Waals surface area contributed by atoms with Gasteiger partial charge in [0.1, 0.15) is 11.5 Å². The van der Waals surface area contributed by atoms with Crippen LogP contribution >= 0.6 is 11.6 Å². The van der Waals surface area contributed by atoms with Crippen LogP contribution in [0, 0.1) is 13.8 Å². The molecule has 3 aromatic rings. The largest absolute Gasteiger partial charge is 0.433 e. The van der Waals surface area contributed by atoms with Crippen molar-refractivity contribution in [1.29, 1.82) is 0 Å². The summed E-state index contributed by atoms with van der Waals surface area (Å²) in [6.07, 6.45) is -4.57. The van der Waals surface area contributed by atoms with Gasteiger partial charge >= 0.3 is 6.18 Å². The van der Waals surface area contributed by atoms with Crippen molar-refractivity contribution in [2.24, 2.45) is 0 Å². The minimum absolute atomic E-state index is 0.0205. The molecular formula is C18H14ClF3N4O. The smallest absolute Gasteiger partial charge is 0.306 e. The number of rotatable bonds is 3. The fourth-order valence-electron chi connectivity index (χ4n) is 2.54. The molecular weight excluding hydrogens is 381 g/mol. The lowest BCUT2D eigenvalue weighted by Gasteiger charge is -2.12. The number of hydrogen-bond donors (Lipinski definition) is 1. The van der Waals surface area contributed by atoms with Crippen molar-refractivity contribution in [3.05, 3.63) is 70.1 Å². The SMILES string of the molecule is Cc1cc(NC(=O)c2ccc(C(F)(F)F)nc2C)n(-c2cccc(Cl)c2)n1. The van der Waals surface area contributed by atoms with Crippen LogP contribution in [0.15, 0.2) is 42.5 Å². The standard InChI is InChI=1S/C18H14ClF3N4O/c1-10-8-16(26(25-10)13-5-3-4-12(19)9-13)24-17(27)14-6-7-15(18(20,21)22)23-11(14)2/h3-9H,1-2H3,(H,24,27). The second-order valence-corrected chi connectivity index (χ2v) is 6.28. The van der Waals surface area contributed by atoms with Crippen LogP contribution in [0.3, 0.4) is 0 Å². The minimum atomic E-state index is -4.57. The molecule has 2 heterocycles. The highest BCUT2D eigenvalue weighted by Crippen LogP contribution is 2.28. The molecule has 0 aliphatic heterocycles. The molecule has 0 aliphatic carbocycles. The number of hydrogen-bond acceptors (Lipinski definition) is 3. The molecule has 0 atom stereocenters. The average molecular weight is 395 g/mol. The summed E-state index contributed by atoms with van der Waals surface area (Å²) in [7, 11) is 0. The molecule has 3 rings (SSSR count). The summed E-state index contributed by atoms with van der Waals surface area (Å²) in [5, 5.41) is 7.48. The summed E-state index contributed by atoms with van der Waals surface area (Å²) in [6.45, 7) is 3.10. The van der Waals surface area contributed by atoms with E-state index < -0.39 is 17.8 Å². The fraction of sp³-hybridized carbons (Fsp3) is 0.167.